The van der Waals surface area contributed by atoms with Gasteiger partial charge in [0.25, 0.3) is 0 Å². The summed E-state index contributed by atoms with van der Waals surface area (Å²) < 4.78 is 23.4. The molecule has 0 amide bonds. The number of hydrogen-bond acceptors (Lipinski definition) is 15. The van der Waals surface area contributed by atoms with E-state index >= 15 is 0 Å². The number of carbonyl (C=O) groups is 3. The molecule has 15 nitrogen and oxygen atoms in total. The largest absolute Gasteiger partial charge is 1.00 e. The quantitative estimate of drug-likeness (QED) is 0.176. The van der Waals surface area contributed by atoms with Gasteiger partial charge in [0.2, 0.25) is 0 Å². The van der Waals surface area contributed by atoms with Crippen molar-refractivity contribution in [2.24, 2.45) is 161 Å². The number of methoxy groups -OCH3 is 4. The van der Waals surface area contributed by atoms with Crippen molar-refractivity contribution in [3.63, 3.8) is 0 Å². The Bertz CT molecular complexity index is 3420. The van der Waals surface area contributed by atoms with E-state index in [4.69, 9.17) is 53.6 Å². The fourth-order valence-electron chi connectivity index (χ4n) is 34.8. The number of ketones is 3. The van der Waals surface area contributed by atoms with Gasteiger partial charge in [-0.2, -0.15) is 16.2 Å². The van der Waals surface area contributed by atoms with Gasteiger partial charge in [0.1, 0.15) is 11.6 Å². The van der Waals surface area contributed by atoms with Gasteiger partial charge in [0.05, 0.1) is 42.7 Å². The number of carbonyl (C=O) groups excluding carboxylic acids is 3. The molecule has 0 heterocycles. The van der Waals surface area contributed by atoms with Crippen molar-refractivity contribution >= 4 is 17.3 Å². The summed E-state index contributed by atoms with van der Waals surface area (Å²) in [5.74, 6) is 14.8. The van der Waals surface area contributed by atoms with Gasteiger partial charge in [0, 0.05) is 59.5 Å². The van der Waals surface area contributed by atoms with Crippen LogP contribution in [-0.4, -0.2) is 131 Å². The van der Waals surface area contributed by atoms with Gasteiger partial charge in [-0.3, -0.25) is 14.4 Å². The van der Waals surface area contributed by atoms with Crippen molar-refractivity contribution in [1.82, 2.24) is 0 Å². The zero-order valence-corrected chi connectivity index (χ0v) is 102. The molecule has 20 aliphatic carbocycles. The van der Waals surface area contributed by atoms with Gasteiger partial charge >= 0.3 is 291 Å². The minimum Gasteiger partial charge on any atom is -0.870 e. The molecule has 694 valence electrons. The first-order valence-electron chi connectivity index (χ1n) is 46.3. The smallest absolute Gasteiger partial charge is 0.870 e. The van der Waals surface area contributed by atoms with Crippen molar-refractivity contribution in [3.05, 3.63) is 57.9 Å². The molecule has 0 spiro atoms. The van der Waals surface area contributed by atoms with Crippen LogP contribution in [0, 0.1) is 195 Å². The second-order valence-electron chi connectivity index (χ2n) is 44.2. The maximum absolute atomic E-state index is 12.4. The number of rotatable bonds is 4. The molecule has 8 N–H and O–H groups in total. The molecule has 0 saturated heterocycles. The summed E-state index contributed by atoms with van der Waals surface area (Å²) in [5.41, 5.74) is 5.21. The summed E-state index contributed by atoms with van der Waals surface area (Å²) in [5, 5.41) is 30.1. The maximum atomic E-state index is 12.4. The number of ether oxygens (including phenoxy) is 4. The van der Waals surface area contributed by atoms with E-state index in [1.54, 1.807) is 0 Å². The topological polar surface area (TPSA) is 299 Å². The Morgan fingerprint density at radius 3 is 1.12 bits per heavy atom. The van der Waals surface area contributed by atoms with Crippen LogP contribution in [0.1, 0.15) is 348 Å². The second kappa shape index (κ2) is 51.0. The van der Waals surface area contributed by atoms with Crippen molar-refractivity contribution in [3.8, 4) is 0 Å². The Balaban J connectivity index is 0.000000752. The summed E-state index contributed by atoms with van der Waals surface area (Å²) >= 11 is 0. The SMILES string of the molecule is C.C.C.C.C.[CH2-][C@]12CCC(=O)C=C1CC[C@H]1[C@@H]3CC[C@H](OC)[C@@]3(C)CC[C@@H]12.[CH2-][C@]12CCC(=O)C[C@@H]1CC[C@@H]1[C@@H]2CC[C@]2(C)[C@@H](OC)CC[C@@H]12.[CH2-][C@]12CC[C@H](O)CC1=CC[C@H]1[C@@H]3CC[C@H](OC)[C@@]3(C)CC[C@@H]12.[CH2-][C@]12CC[C@H](O)C[C@@H]1CC[C@@H]1[C@@H]2CC[C@]2(C)C(=O)CC[C@@H]12.[CH2-][C@]12CC[C@H](O)C[C@@H]1CC[C@@H]1[C@@H]2CC[C@]2(C)[C@@H](OC)CC[C@@H]12.[OH-].[OH-].[OH-].[OH-].[OH-].[Rb+].[Rb+].[Rb+].[Rb+].[Rb+]. The first-order valence-corrected chi connectivity index (χ1v) is 46.3. The molecule has 0 aromatic rings. The van der Waals surface area contributed by atoms with Crippen molar-refractivity contribution in [2.45, 2.75) is 391 Å². The van der Waals surface area contributed by atoms with E-state index in [0.29, 0.717) is 105 Å². The monoisotopic (exact) mass is 2090 g/mol. The first-order chi connectivity index (χ1) is 51.9. The summed E-state index contributed by atoms with van der Waals surface area (Å²) in [6.45, 7) is 35.9. The molecule has 0 aliphatic heterocycles. The average Bonchev–Trinajstić information content (AvgIpc) is 1.49. The van der Waals surface area contributed by atoms with Crippen LogP contribution in [-0.2, 0) is 33.3 Å². The third kappa shape index (κ3) is 22.7. The maximum Gasteiger partial charge on any atom is 1.00 e. The zero-order valence-electron chi connectivity index (χ0n) is 77.5. The van der Waals surface area contributed by atoms with Crippen LogP contribution >= 0.6 is 0 Å². The van der Waals surface area contributed by atoms with Crippen LogP contribution in [0.5, 0.6) is 0 Å². The predicted octanol–water partition coefficient (Wildman–Crippen LogP) is 8.22. The van der Waals surface area contributed by atoms with Crippen molar-refractivity contribution in [1.29, 1.82) is 0 Å². The molecule has 20 heteroatoms. The van der Waals surface area contributed by atoms with Gasteiger partial charge in [-0.25, -0.2) is 0 Å². The van der Waals surface area contributed by atoms with Gasteiger partial charge in [-0.1, -0.05) is 220 Å². The van der Waals surface area contributed by atoms with Crippen LogP contribution in [0.2, 0.25) is 0 Å². The number of Topliss-reactive ketones (excluding diaryl/α,β-unsaturated/α-hetero) is 2. The average molecular weight is 2100 g/mol. The normalized spacial score (nSPS) is 48.1. The van der Waals surface area contributed by atoms with E-state index in [9.17, 15) is 29.7 Å². The Morgan fingerprint density at radius 2 is 0.685 bits per heavy atom. The Kier molecular flexibility index (Phi) is 53.1. The summed E-state index contributed by atoms with van der Waals surface area (Å²) in [6.07, 6.45) is 55.6. The molecule has 0 unspecified atom stereocenters. The molecule has 0 aromatic heterocycles. The third-order valence-corrected chi connectivity index (χ3v) is 40.8. The predicted molar refractivity (Wildman–Crippen MR) is 477 cm³/mol. The Hall–Kier alpha value is 7.04. The number of allylic oxidation sites excluding steroid dienone is 2. The van der Waals surface area contributed by atoms with Crippen molar-refractivity contribution < 1.29 is 367 Å². The van der Waals surface area contributed by atoms with Crippen LogP contribution < -0.4 is 291 Å². The van der Waals surface area contributed by atoms with Crippen LogP contribution in [0.15, 0.2) is 23.3 Å². The molecule has 20 rings (SSSR count). The molecule has 0 bridgehead atoms. The number of fused-ring (bicyclic) bond motifs is 25. The standard InChI is InChI=1S/C20H33O2.2C20H31O2.C20H29O2.C19H29O2.5CH4.5H2O.5Rb/c4*1-19-10-8-14(21)12-13(19)4-5-15-16-6-7-18(22-3)20(16,2)11-9-17(15)19;1-18-9-7-13(20)11-12(18)3-4-14-15-5-6-17(21)19(15,2)10-8-16(14)18;;;;;;;;;;;;;;;/h13-18,21H,1,4-12H2,2-3H3;13,15-18H,1,4-12H2,2-3H3;4,14-18,21H,1,5-12H2,2-3H3;12,15-18H,1,4-11H2,2-3H3;12-16,20H,1,3-11H2,2H3;5*1H4;5*1H2;;;;;/q5*-1;;;;;;;;;;;5*+1/p-5/t13-,14-,15-,16-,17-,18-,19-,20-;13-,15-,16-,17-,18-,19-,20-;14-,15-,16-,17-,18-,19-,20-;15-,16-,17-,18-,19-,20-;12-,13-,14-,15-,16-,18-,19-;;;;;;;;;;;;;;;/m00000.............../s1. The molecule has 0 aromatic carbocycles. The molecule has 124 heavy (non-hydrogen) atoms. The molecule has 35 atom stereocenters. The number of hydrogen-bond donors (Lipinski definition) is 3. The molecule has 18 saturated carbocycles. The fourth-order valence-corrected chi connectivity index (χ4v) is 34.8. The second-order valence-corrected chi connectivity index (χ2v) is 44.2. The van der Waals surface area contributed by atoms with Crippen LogP contribution in [0.25, 0.3) is 0 Å². The Labute approximate surface area is 1000 Å². The zero-order chi connectivity index (χ0) is 77.0. The van der Waals surface area contributed by atoms with E-state index in [-0.39, 0.29) is 406 Å². The van der Waals surface area contributed by atoms with Gasteiger partial charge in [-0.15, -0.1) is 10.8 Å². The number of aliphatic hydroxyl groups excluding tert-OH is 3. The molecule has 18 fully saturated rings. The minimum atomic E-state index is -0.129. The fraction of sp³-hybridized carbons (Fsp3) is 0.885. The van der Waals surface area contributed by atoms with Crippen LogP contribution in [0.4, 0.5) is 0 Å². The van der Waals surface area contributed by atoms with Gasteiger partial charge < -0.3 is 96.3 Å². The van der Waals surface area contributed by atoms with Gasteiger partial charge in [0.15, 0.2) is 5.78 Å². The van der Waals surface area contributed by atoms with E-state index in [2.05, 4.69) is 40.7 Å². The van der Waals surface area contributed by atoms with E-state index in [1.807, 2.05) is 34.5 Å². The van der Waals surface area contributed by atoms with Crippen LogP contribution in [0.3, 0.4) is 0 Å². The van der Waals surface area contributed by atoms with E-state index in [1.165, 1.54) is 172 Å². The van der Waals surface area contributed by atoms with E-state index < -0.39 is 0 Å². The minimum absolute atomic E-state index is 0. The Morgan fingerprint density at radius 1 is 0.323 bits per heavy atom. The summed E-state index contributed by atoms with van der Waals surface area (Å²) in [4.78, 5) is 36.1. The number of aliphatic hydroxyl groups is 3. The molecular weight excluding hydrogens is 1920 g/mol. The third-order valence-electron chi connectivity index (χ3n) is 40.8. The van der Waals surface area contributed by atoms with Gasteiger partial charge in [-0.05, 0) is 254 Å². The molecule has 0 radical (unpaired) electrons. The van der Waals surface area contributed by atoms with Crippen molar-refractivity contribution in [2.75, 3.05) is 28.4 Å². The molecule has 20 aliphatic rings. The van der Waals surface area contributed by atoms with E-state index in [0.717, 1.165) is 180 Å². The first kappa shape index (κ1) is 129. The molecular formula is C104H178O15Rb5-5. The summed E-state index contributed by atoms with van der Waals surface area (Å²) in [6, 6.07) is 0. The summed E-state index contributed by atoms with van der Waals surface area (Å²) in [7, 11) is 7.60.